The SMILES string of the molecule is CCCCNC(=NC)NCCCOc1ccc(C)cc1.I. The summed E-state index contributed by atoms with van der Waals surface area (Å²) in [6.45, 7) is 6.79. The smallest absolute Gasteiger partial charge is 0.190 e. The van der Waals surface area contributed by atoms with Gasteiger partial charge in [-0.3, -0.25) is 4.99 Å². The van der Waals surface area contributed by atoms with Crippen molar-refractivity contribution in [2.24, 2.45) is 4.99 Å². The Bertz CT molecular complexity index is 393. The molecule has 0 fully saturated rings. The zero-order valence-electron chi connectivity index (χ0n) is 13.3. The van der Waals surface area contributed by atoms with Gasteiger partial charge in [0.1, 0.15) is 5.75 Å². The van der Waals surface area contributed by atoms with E-state index in [2.05, 4.69) is 41.6 Å². The lowest BCUT2D eigenvalue weighted by atomic mass is 10.2. The predicted molar refractivity (Wildman–Crippen MR) is 101 cm³/mol. The number of unbranched alkanes of at least 4 members (excludes halogenated alkanes) is 1. The van der Waals surface area contributed by atoms with Gasteiger partial charge in [0.15, 0.2) is 5.96 Å². The van der Waals surface area contributed by atoms with E-state index in [0.717, 1.165) is 37.6 Å². The molecule has 0 bridgehead atoms. The van der Waals surface area contributed by atoms with Gasteiger partial charge in [0, 0.05) is 20.1 Å². The molecule has 0 aliphatic carbocycles. The van der Waals surface area contributed by atoms with E-state index in [0.29, 0.717) is 6.61 Å². The highest BCUT2D eigenvalue weighted by Gasteiger charge is 1.97. The molecule has 120 valence electrons. The summed E-state index contributed by atoms with van der Waals surface area (Å²) in [5, 5.41) is 6.57. The third-order valence-electron chi connectivity index (χ3n) is 2.95. The van der Waals surface area contributed by atoms with Crippen LogP contribution in [0, 0.1) is 6.92 Å². The van der Waals surface area contributed by atoms with Gasteiger partial charge in [-0.1, -0.05) is 31.0 Å². The van der Waals surface area contributed by atoms with Crippen molar-refractivity contribution in [1.29, 1.82) is 0 Å². The number of nitrogens with one attached hydrogen (secondary N) is 2. The summed E-state index contributed by atoms with van der Waals surface area (Å²) in [5.74, 6) is 1.80. The minimum atomic E-state index is 0. The molecule has 0 saturated heterocycles. The summed E-state index contributed by atoms with van der Waals surface area (Å²) < 4.78 is 5.67. The van der Waals surface area contributed by atoms with Crippen molar-refractivity contribution in [1.82, 2.24) is 10.6 Å². The van der Waals surface area contributed by atoms with E-state index in [1.807, 2.05) is 12.1 Å². The lowest BCUT2D eigenvalue weighted by Crippen LogP contribution is -2.38. The van der Waals surface area contributed by atoms with Crippen molar-refractivity contribution in [3.05, 3.63) is 29.8 Å². The third-order valence-corrected chi connectivity index (χ3v) is 2.95. The molecule has 4 nitrogen and oxygen atoms in total. The second-order valence-electron chi connectivity index (χ2n) is 4.79. The summed E-state index contributed by atoms with van der Waals surface area (Å²) in [6.07, 6.45) is 3.30. The van der Waals surface area contributed by atoms with Gasteiger partial charge in [-0.25, -0.2) is 0 Å². The number of nitrogens with zero attached hydrogens (tertiary/aromatic N) is 1. The van der Waals surface area contributed by atoms with Crippen LogP contribution in [0.1, 0.15) is 31.7 Å². The number of hydrogen-bond donors (Lipinski definition) is 2. The maximum atomic E-state index is 5.67. The largest absolute Gasteiger partial charge is 0.494 e. The number of hydrogen-bond acceptors (Lipinski definition) is 2. The van der Waals surface area contributed by atoms with Crippen molar-refractivity contribution in [3.8, 4) is 5.75 Å². The van der Waals surface area contributed by atoms with E-state index in [1.54, 1.807) is 7.05 Å². The molecule has 0 unspecified atom stereocenters. The first kappa shape index (κ1) is 20.0. The molecule has 21 heavy (non-hydrogen) atoms. The van der Waals surface area contributed by atoms with Crippen LogP contribution >= 0.6 is 24.0 Å². The molecule has 1 aromatic carbocycles. The monoisotopic (exact) mass is 405 g/mol. The van der Waals surface area contributed by atoms with Gasteiger partial charge >= 0.3 is 0 Å². The normalized spacial score (nSPS) is 10.7. The molecule has 0 aromatic heterocycles. The van der Waals surface area contributed by atoms with Crippen molar-refractivity contribution >= 4 is 29.9 Å². The topological polar surface area (TPSA) is 45.7 Å². The molecule has 5 heteroatoms. The molecule has 0 aliphatic heterocycles. The van der Waals surface area contributed by atoms with Crippen molar-refractivity contribution in [2.45, 2.75) is 33.1 Å². The Labute approximate surface area is 145 Å². The zero-order valence-corrected chi connectivity index (χ0v) is 15.6. The second-order valence-corrected chi connectivity index (χ2v) is 4.79. The van der Waals surface area contributed by atoms with Crippen LogP contribution in [0.3, 0.4) is 0 Å². The van der Waals surface area contributed by atoms with Crippen molar-refractivity contribution in [2.75, 3.05) is 26.7 Å². The highest BCUT2D eigenvalue weighted by Crippen LogP contribution is 2.11. The average Bonchev–Trinajstić information content (AvgIpc) is 2.47. The molecule has 2 N–H and O–H groups in total. The number of rotatable bonds is 8. The van der Waals surface area contributed by atoms with Gasteiger partial charge in [-0.2, -0.15) is 0 Å². The Hall–Kier alpha value is -0.980. The quantitative estimate of drug-likeness (QED) is 0.302. The first-order valence-corrected chi connectivity index (χ1v) is 7.40. The molecule has 1 rings (SSSR count). The number of ether oxygens (including phenoxy) is 1. The molecule has 0 heterocycles. The Kier molecular flexibility index (Phi) is 12.1. The fraction of sp³-hybridized carbons (Fsp3) is 0.562. The van der Waals surface area contributed by atoms with Crippen LogP contribution in [0.5, 0.6) is 5.75 Å². The molecule has 0 saturated carbocycles. The summed E-state index contributed by atoms with van der Waals surface area (Å²) >= 11 is 0. The third kappa shape index (κ3) is 9.55. The Morgan fingerprint density at radius 3 is 2.29 bits per heavy atom. The van der Waals surface area contributed by atoms with Crippen LogP contribution in [0.2, 0.25) is 0 Å². The predicted octanol–water partition coefficient (Wildman–Crippen LogP) is 3.35. The summed E-state index contributed by atoms with van der Waals surface area (Å²) in [7, 11) is 1.80. The molecular weight excluding hydrogens is 377 g/mol. The Morgan fingerprint density at radius 1 is 1.10 bits per heavy atom. The van der Waals surface area contributed by atoms with Crippen LogP contribution < -0.4 is 15.4 Å². The van der Waals surface area contributed by atoms with E-state index in [-0.39, 0.29) is 24.0 Å². The molecule has 0 atom stereocenters. The minimum Gasteiger partial charge on any atom is -0.494 e. The maximum Gasteiger partial charge on any atom is 0.190 e. The first-order chi connectivity index (χ1) is 9.76. The van der Waals surface area contributed by atoms with Crippen LogP contribution in [-0.2, 0) is 0 Å². The lowest BCUT2D eigenvalue weighted by Gasteiger charge is -2.11. The van der Waals surface area contributed by atoms with E-state index < -0.39 is 0 Å². The van der Waals surface area contributed by atoms with Crippen LogP contribution in [0.4, 0.5) is 0 Å². The van der Waals surface area contributed by atoms with E-state index in [4.69, 9.17) is 4.74 Å². The van der Waals surface area contributed by atoms with Gasteiger partial charge < -0.3 is 15.4 Å². The maximum absolute atomic E-state index is 5.67. The lowest BCUT2D eigenvalue weighted by molar-refractivity contribution is 0.311. The van der Waals surface area contributed by atoms with Gasteiger partial charge in [0.05, 0.1) is 6.61 Å². The number of aliphatic imine (C=N–C) groups is 1. The van der Waals surface area contributed by atoms with Gasteiger partial charge in [-0.05, 0) is 31.9 Å². The van der Waals surface area contributed by atoms with Gasteiger partial charge in [-0.15, -0.1) is 24.0 Å². The molecular formula is C16H28IN3O. The van der Waals surface area contributed by atoms with Gasteiger partial charge in [0.2, 0.25) is 0 Å². The van der Waals surface area contributed by atoms with Crippen LogP contribution in [-0.4, -0.2) is 32.7 Å². The van der Waals surface area contributed by atoms with E-state index >= 15 is 0 Å². The highest BCUT2D eigenvalue weighted by atomic mass is 127. The number of benzene rings is 1. The molecule has 0 spiro atoms. The fourth-order valence-corrected chi connectivity index (χ4v) is 1.71. The summed E-state index contributed by atoms with van der Waals surface area (Å²) in [4.78, 5) is 4.18. The van der Waals surface area contributed by atoms with Crippen LogP contribution in [0.15, 0.2) is 29.3 Å². The van der Waals surface area contributed by atoms with E-state index in [1.165, 1.54) is 12.0 Å². The Morgan fingerprint density at radius 2 is 1.71 bits per heavy atom. The summed E-state index contributed by atoms with van der Waals surface area (Å²) in [6, 6.07) is 8.14. The standard InChI is InChI=1S/C16H27N3O.HI/c1-4-5-11-18-16(17-3)19-12-6-13-20-15-9-7-14(2)8-10-15;/h7-10H,4-6,11-13H2,1-3H3,(H2,17,18,19);1H. The Balaban J connectivity index is 0.00000400. The van der Waals surface area contributed by atoms with E-state index in [9.17, 15) is 0 Å². The first-order valence-electron chi connectivity index (χ1n) is 7.40. The minimum absolute atomic E-state index is 0. The summed E-state index contributed by atoms with van der Waals surface area (Å²) in [5.41, 5.74) is 1.25. The fourth-order valence-electron chi connectivity index (χ4n) is 1.71. The van der Waals surface area contributed by atoms with Gasteiger partial charge in [0.25, 0.3) is 0 Å². The number of halogens is 1. The molecule has 0 radical (unpaired) electrons. The second kappa shape index (κ2) is 12.7. The number of guanidine groups is 1. The molecule has 0 amide bonds. The van der Waals surface area contributed by atoms with Crippen LogP contribution in [0.25, 0.3) is 0 Å². The number of aryl methyl sites for hydroxylation is 1. The molecule has 0 aliphatic rings. The highest BCUT2D eigenvalue weighted by molar-refractivity contribution is 14.0. The average molecular weight is 405 g/mol. The van der Waals surface area contributed by atoms with Crippen molar-refractivity contribution < 1.29 is 4.74 Å². The molecule has 1 aromatic rings. The van der Waals surface area contributed by atoms with Crippen molar-refractivity contribution in [3.63, 3.8) is 0 Å². The zero-order chi connectivity index (χ0) is 14.6.